The number of benzene rings is 2. The van der Waals surface area contributed by atoms with Crippen molar-refractivity contribution in [1.82, 2.24) is 10.2 Å². The number of furan rings is 1. The summed E-state index contributed by atoms with van der Waals surface area (Å²) in [6.45, 7) is 8.84. The lowest BCUT2D eigenvalue weighted by Crippen LogP contribution is -2.38. The molecule has 180 valence electrons. The molecule has 6 nitrogen and oxygen atoms in total. The Hall–Kier alpha value is -3.16. The number of carbonyl (C=O) groups excluding carboxylic acids is 1. The average Bonchev–Trinajstić information content (AvgIpc) is 3.27. The molecule has 0 bridgehead atoms. The lowest BCUT2D eigenvalue weighted by atomic mass is 9.96. The van der Waals surface area contributed by atoms with Crippen molar-refractivity contribution in [3.8, 4) is 16.9 Å². The Bertz CT molecular complexity index is 1180. The van der Waals surface area contributed by atoms with E-state index in [1.54, 1.807) is 31.6 Å². The van der Waals surface area contributed by atoms with E-state index in [0.717, 1.165) is 72.5 Å². The Balaban J connectivity index is 1.53. The highest BCUT2D eigenvalue weighted by Gasteiger charge is 2.19. The van der Waals surface area contributed by atoms with Gasteiger partial charge in [0.15, 0.2) is 0 Å². The van der Waals surface area contributed by atoms with E-state index in [1.165, 1.54) is 12.1 Å². The number of ether oxygens (including phenoxy) is 2. The van der Waals surface area contributed by atoms with Crippen molar-refractivity contribution < 1.29 is 23.1 Å². The molecule has 1 aromatic heterocycles. The van der Waals surface area contributed by atoms with Gasteiger partial charge in [-0.2, -0.15) is 0 Å². The third kappa shape index (κ3) is 5.32. The van der Waals surface area contributed by atoms with Gasteiger partial charge in [-0.1, -0.05) is 12.1 Å². The van der Waals surface area contributed by atoms with E-state index in [2.05, 4.69) is 10.2 Å². The topological polar surface area (TPSA) is 63.9 Å². The van der Waals surface area contributed by atoms with Crippen LogP contribution in [0.1, 0.15) is 24.5 Å². The van der Waals surface area contributed by atoms with Crippen molar-refractivity contribution in [3.63, 3.8) is 0 Å². The van der Waals surface area contributed by atoms with Crippen LogP contribution in [-0.4, -0.2) is 57.3 Å². The molecule has 7 heteroatoms. The molecule has 2 aromatic carbocycles. The fourth-order valence-corrected chi connectivity index (χ4v) is 4.39. The van der Waals surface area contributed by atoms with Gasteiger partial charge < -0.3 is 19.2 Å². The lowest BCUT2D eigenvalue weighted by Gasteiger charge is -2.26. The van der Waals surface area contributed by atoms with Crippen LogP contribution in [0.15, 0.2) is 47.1 Å². The molecule has 0 radical (unpaired) electrons. The maximum Gasteiger partial charge on any atom is 0.244 e. The summed E-state index contributed by atoms with van der Waals surface area (Å²) in [5.41, 5.74) is 4.89. The number of hydrogen-bond donors (Lipinski definition) is 1. The van der Waals surface area contributed by atoms with Crippen molar-refractivity contribution in [3.05, 3.63) is 59.6 Å². The van der Waals surface area contributed by atoms with Gasteiger partial charge in [0.25, 0.3) is 0 Å². The molecule has 1 amide bonds. The van der Waals surface area contributed by atoms with Crippen molar-refractivity contribution in [2.45, 2.75) is 20.3 Å². The van der Waals surface area contributed by atoms with Crippen LogP contribution >= 0.6 is 0 Å². The molecule has 34 heavy (non-hydrogen) atoms. The summed E-state index contributed by atoms with van der Waals surface area (Å²) in [4.78, 5) is 14.9. The Morgan fingerprint density at radius 1 is 1.24 bits per heavy atom. The van der Waals surface area contributed by atoms with Gasteiger partial charge in [-0.3, -0.25) is 9.69 Å². The second-order valence-electron chi connectivity index (χ2n) is 8.54. The van der Waals surface area contributed by atoms with Gasteiger partial charge in [-0.05, 0) is 56.1 Å². The van der Waals surface area contributed by atoms with Gasteiger partial charge in [-0.25, -0.2) is 4.39 Å². The first kappa shape index (κ1) is 24.0. The number of rotatable bonds is 8. The van der Waals surface area contributed by atoms with Crippen LogP contribution in [0.3, 0.4) is 0 Å². The highest BCUT2D eigenvalue weighted by Crippen LogP contribution is 2.40. The molecule has 0 saturated carbocycles. The second kappa shape index (κ2) is 10.8. The minimum absolute atomic E-state index is 0.134. The Kier molecular flexibility index (Phi) is 7.65. The van der Waals surface area contributed by atoms with Crippen LogP contribution in [-0.2, 0) is 9.53 Å². The number of carbonyl (C=O) groups is 1. The summed E-state index contributed by atoms with van der Waals surface area (Å²) in [5, 5.41) is 3.87. The molecular weight excluding hydrogens is 435 g/mol. The standard InChI is InChI=1S/C27H31FN2O4/c1-18(15-25(31)29-9-4-10-30-11-13-33-14-12-30)22-16-23-24(20-5-7-21(28)8-6-20)17-34-27(23)19(2)26(22)32-3/h5-8,15-17H,4,9-14H2,1-3H3,(H,29,31)/b18-15+. The number of allylic oxidation sites excluding steroid dienone is 1. The molecule has 3 aromatic rings. The quantitative estimate of drug-likeness (QED) is 0.382. The smallest absolute Gasteiger partial charge is 0.244 e. The summed E-state index contributed by atoms with van der Waals surface area (Å²) in [6, 6.07) is 8.29. The van der Waals surface area contributed by atoms with Gasteiger partial charge in [-0.15, -0.1) is 0 Å². The highest BCUT2D eigenvalue weighted by atomic mass is 19.1. The van der Waals surface area contributed by atoms with Gasteiger partial charge in [0, 0.05) is 47.8 Å². The minimum Gasteiger partial charge on any atom is -0.496 e. The number of nitrogens with zero attached hydrogens (tertiary/aromatic N) is 1. The van der Waals surface area contributed by atoms with Crippen molar-refractivity contribution in [2.75, 3.05) is 46.5 Å². The average molecular weight is 467 g/mol. The van der Waals surface area contributed by atoms with Crippen LogP contribution in [0.2, 0.25) is 0 Å². The van der Waals surface area contributed by atoms with E-state index >= 15 is 0 Å². The van der Waals surface area contributed by atoms with Crippen LogP contribution in [0.5, 0.6) is 5.75 Å². The zero-order valence-electron chi connectivity index (χ0n) is 19.9. The number of fused-ring (bicyclic) bond motifs is 1. The van der Waals surface area contributed by atoms with Crippen LogP contribution < -0.4 is 10.1 Å². The van der Waals surface area contributed by atoms with Crippen molar-refractivity contribution in [2.24, 2.45) is 0 Å². The van der Waals surface area contributed by atoms with Crippen LogP contribution in [0.4, 0.5) is 4.39 Å². The molecule has 2 heterocycles. The highest BCUT2D eigenvalue weighted by molar-refractivity contribution is 6.01. The zero-order chi connectivity index (χ0) is 24.1. The van der Waals surface area contributed by atoms with E-state index < -0.39 is 0 Å². The number of hydrogen-bond acceptors (Lipinski definition) is 5. The molecular formula is C27H31FN2O4. The molecule has 0 unspecified atom stereocenters. The summed E-state index contributed by atoms with van der Waals surface area (Å²) in [6.07, 6.45) is 4.17. The van der Waals surface area contributed by atoms with E-state index in [-0.39, 0.29) is 11.7 Å². The normalized spacial score (nSPS) is 15.0. The van der Waals surface area contributed by atoms with E-state index in [0.29, 0.717) is 17.9 Å². The second-order valence-corrected chi connectivity index (χ2v) is 8.54. The fourth-order valence-electron chi connectivity index (χ4n) is 4.39. The predicted molar refractivity (Wildman–Crippen MR) is 131 cm³/mol. The van der Waals surface area contributed by atoms with Crippen molar-refractivity contribution >= 4 is 22.4 Å². The number of aryl methyl sites for hydroxylation is 1. The molecule has 1 saturated heterocycles. The third-order valence-corrected chi connectivity index (χ3v) is 6.23. The third-order valence-electron chi connectivity index (χ3n) is 6.23. The number of methoxy groups -OCH3 is 1. The van der Waals surface area contributed by atoms with Gasteiger partial charge in [0.05, 0.1) is 26.6 Å². The van der Waals surface area contributed by atoms with Crippen LogP contribution in [0, 0.1) is 12.7 Å². The van der Waals surface area contributed by atoms with Crippen molar-refractivity contribution in [1.29, 1.82) is 0 Å². The van der Waals surface area contributed by atoms with E-state index in [1.807, 2.05) is 19.9 Å². The molecule has 1 N–H and O–H groups in total. The maximum atomic E-state index is 13.4. The first-order valence-corrected chi connectivity index (χ1v) is 11.6. The van der Waals surface area contributed by atoms with Gasteiger partial charge in [0.1, 0.15) is 17.1 Å². The first-order valence-electron chi connectivity index (χ1n) is 11.6. The zero-order valence-corrected chi connectivity index (χ0v) is 19.9. The molecule has 1 aliphatic rings. The Morgan fingerprint density at radius 2 is 1.97 bits per heavy atom. The minimum atomic E-state index is -0.287. The Morgan fingerprint density at radius 3 is 2.68 bits per heavy atom. The van der Waals surface area contributed by atoms with E-state index in [9.17, 15) is 9.18 Å². The summed E-state index contributed by atoms with van der Waals surface area (Å²) < 4.78 is 30.3. The molecule has 0 aliphatic carbocycles. The molecule has 4 rings (SSSR count). The molecule has 0 spiro atoms. The first-order chi connectivity index (χ1) is 16.5. The predicted octanol–water partition coefficient (Wildman–Crippen LogP) is 4.80. The summed E-state index contributed by atoms with van der Waals surface area (Å²) in [5.74, 6) is 0.247. The Labute approximate surface area is 199 Å². The number of morpholine rings is 1. The fraction of sp³-hybridized carbons (Fsp3) is 0.370. The lowest BCUT2D eigenvalue weighted by molar-refractivity contribution is -0.116. The molecule has 1 fully saturated rings. The summed E-state index contributed by atoms with van der Waals surface area (Å²) >= 11 is 0. The molecule has 1 aliphatic heterocycles. The number of halogens is 1. The SMILES string of the molecule is COc1c(/C(C)=C/C(=O)NCCCN2CCOCC2)cc2c(-c3ccc(F)cc3)coc2c1C. The number of amides is 1. The maximum absolute atomic E-state index is 13.4. The number of nitrogens with one attached hydrogen (secondary N) is 1. The monoisotopic (exact) mass is 466 g/mol. The van der Waals surface area contributed by atoms with E-state index in [4.69, 9.17) is 13.9 Å². The summed E-state index contributed by atoms with van der Waals surface area (Å²) in [7, 11) is 1.61. The van der Waals surface area contributed by atoms with Gasteiger partial charge in [0.2, 0.25) is 5.91 Å². The molecule has 0 atom stereocenters. The largest absolute Gasteiger partial charge is 0.496 e. The van der Waals surface area contributed by atoms with Crippen LogP contribution in [0.25, 0.3) is 27.7 Å². The van der Waals surface area contributed by atoms with Gasteiger partial charge >= 0.3 is 0 Å².